The third-order valence-corrected chi connectivity index (χ3v) is 3.66. The largest absolute Gasteiger partial charge is 0.329 e. The molecule has 1 atom stereocenters. The number of rotatable bonds is 4. The maximum atomic E-state index is 12.1. The van der Waals surface area contributed by atoms with Gasteiger partial charge in [-0.25, -0.2) is 4.98 Å². The topological polar surface area (TPSA) is 86.8 Å². The van der Waals surface area contributed by atoms with E-state index in [9.17, 15) is 4.79 Å². The van der Waals surface area contributed by atoms with Crippen LogP contribution in [0.4, 0.5) is 5.82 Å². The third-order valence-electron chi connectivity index (χ3n) is 3.66. The Labute approximate surface area is 128 Å². The zero-order valence-corrected chi connectivity index (χ0v) is 12.0. The van der Waals surface area contributed by atoms with Crippen molar-refractivity contribution in [3.05, 3.63) is 42.6 Å². The fourth-order valence-electron chi connectivity index (χ4n) is 2.48. The first kappa shape index (κ1) is 14.1. The number of nitriles is 1. The molecule has 0 unspecified atom stereocenters. The highest BCUT2D eigenvalue weighted by Gasteiger charge is 2.28. The molecule has 7 nitrogen and oxygen atoms in total. The summed E-state index contributed by atoms with van der Waals surface area (Å²) in [6.07, 6.45) is 7.97. The van der Waals surface area contributed by atoms with Crippen LogP contribution in [0.15, 0.2) is 36.9 Å². The summed E-state index contributed by atoms with van der Waals surface area (Å²) in [5, 5.41) is 11.6. The maximum Gasteiger partial charge on any atom is 0.230 e. The molecule has 3 heterocycles. The van der Waals surface area contributed by atoms with Gasteiger partial charge in [0.25, 0.3) is 0 Å². The van der Waals surface area contributed by atoms with E-state index in [-0.39, 0.29) is 11.8 Å². The number of imidazole rings is 1. The minimum atomic E-state index is -0.152. The zero-order chi connectivity index (χ0) is 15.4. The van der Waals surface area contributed by atoms with E-state index in [1.807, 2.05) is 22.8 Å². The lowest BCUT2D eigenvalue weighted by molar-refractivity contribution is -0.119. The van der Waals surface area contributed by atoms with Crippen LogP contribution >= 0.6 is 0 Å². The summed E-state index contributed by atoms with van der Waals surface area (Å²) >= 11 is 0. The number of amides is 1. The van der Waals surface area contributed by atoms with E-state index in [1.54, 1.807) is 23.6 Å². The first-order chi connectivity index (χ1) is 10.7. The van der Waals surface area contributed by atoms with Gasteiger partial charge in [-0.05, 0) is 18.6 Å². The van der Waals surface area contributed by atoms with Crippen LogP contribution in [-0.2, 0) is 11.3 Å². The van der Waals surface area contributed by atoms with Crippen molar-refractivity contribution >= 4 is 11.7 Å². The molecule has 1 fully saturated rings. The fourth-order valence-corrected chi connectivity index (χ4v) is 2.48. The fraction of sp³-hybridized carbons (Fsp3) is 0.333. The van der Waals surface area contributed by atoms with Crippen molar-refractivity contribution < 1.29 is 4.79 Å². The number of carbonyl (C=O) groups is 1. The third kappa shape index (κ3) is 3.23. The summed E-state index contributed by atoms with van der Waals surface area (Å²) in [6.45, 7) is 1.73. The lowest BCUT2D eigenvalue weighted by Crippen LogP contribution is -2.25. The van der Waals surface area contributed by atoms with Crippen LogP contribution in [0, 0.1) is 17.4 Å². The number of hydrogen-bond acceptors (Lipinski definition) is 5. The lowest BCUT2D eigenvalue weighted by Gasteiger charge is -2.08. The van der Waals surface area contributed by atoms with Crippen LogP contribution in [0.1, 0.15) is 12.1 Å². The van der Waals surface area contributed by atoms with Gasteiger partial charge in [0, 0.05) is 25.5 Å². The molecule has 1 amide bonds. The van der Waals surface area contributed by atoms with Crippen LogP contribution in [0.3, 0.4) is 0 Å². The minimum absolute atomic E-state index is 0.0826. The average molecular weight is 296 g/mol. The normalized spacial score (nSPS) is 17.2. The molecule has 22 heavy (non-hydrogen) atoms. The van der Waals surface area contributed by atoms with E-state index < -0.39 is 0 Å². The first-order valence-electron chi connectivity index (χ1n) is 7.12. The molecule has 1 N–H and O–H groups in total. The zero-order valence-electron chi connectivity index (χ0n) is 12.0. The molecular weight excluding hydrogens is 280 g/mol. The van der Waals surface area contributed by atoms with Crippen LogP contribution in [0.25, 0.3) is 0 Å². The molecule has 1 saturated heterocycles. The molecule has 7 heteroatoms. The van der Waals surface area contributed by atoms with Crippen molar-refractivity contribution in [3.63, 3.8) is 0 Å². The quantitative estimate of drug-likeness (QED) is 0.853. The molecule has 0 spiro atoms. The molecule has 2 aromatic heterocycles. The molecule has 0 radical (unpaired) electrons. The number of anilines is 1. The van der Waals surface area contributed by atoms with Crippen LogP contribution < -0.4 is 5.32 Å². The number of carbonyl (C=O) groups excluding carboxylic acids is 1. The second-order valence-electron chi connectivity index (χ2n) is 5.27. The van der Waals surface area contributed by atoms with E-state index >= 15 is 0 Å². The number of nitrogens with zero attached hydrogens (tertiary/aromatic N) is 5. The Hall–Kier alpha value is -2.88. The number of aromatic nitrogens is 3. The van der Waals surface area contributed by atoms with E-state index in [0.717, 1.165) is 5.69 Å². The summed E-state index contributed by atoms with van der Waals surface area (Å²) in [4.78, 5) is 22.2. The minimum Gasteiger partial charge on any atom is -0.329 e. The maximum absolute atomic E-state index is 12.1. The molecule has 1 aliphatic rings. The van der Waals surface area contributed by atoms with Crippen molar-refractivity contribution in [2.75, 3.05) is 18.4 Å². The first-order valence-corrected chi connectivity index (χ1v) is 7.12. The molecule has 0 bridgehead atoms. The van der Waals surface area contributed by atoms with E-state index in [0.29, 0.717) is 31.9 Å². The monoisotopic (exact) mass is 296 g/mol. The highest BCUT2D eigenvalue weighted by atomic mass is 16.2. The van der Waals surface area contributed by atoms with Crippen LogP contribution in [0.2, 0.25) is 0 Å². The molecule has 3 rings (SSSR count). The van der Waals surface area contributed by atoms with Gasteiger partial charge in [-0.2, -0.15) is 5.26 Å². The summed E-state index contributed by atoms with van der Waals surface area (Å²) < 4.78 is 1.87. The Kier molecular flexibility index (Phi) is 4.01. The van der Waals surface area contributed by atoms with Gasteiger partial charge >= 0.3 is 0 Å². The Morgan fingerprint density at radius 1 is 1.45 bits per heavy atom. The molecule has 112 valence electrons. The smallest absolute Gasteiger partial charge is 0.230 e. The Bertz CT molecular complexity index is 690. The molecule has 2 aromatic rings. The van der Waals surface area contributed by atoms with Gasteiger partial charge < -0.3 is 14.8 Å². The van der Waals surface area contributed by atoms with Crippen molar-refractivity contribution in [2.24, 2.45) is 5.92 Å². The van der Waals surface area contributed by atoms with Crippen molar-refractivity contribution in [1.82, 2.24) is 19.4 Å². The summed E-state index contributed by atoms with van der Waals surface area (Å²) in [6, 6.07) is 5.74. The second-order valence-corrected chi connectivity index (χ2v) is 5.27. The van der Waals surface area contributed by atoms with Gasteiger partial charge in [-0.1, -0.05) is 6.07 Å². The molecule has 0 saturated carbocycles. The summed E-state index contributed by atoms with van der Waals surface area (Å²) in [5.74, 6) is 0.290. The SMILES string of the molecule is N#CN1CC[C@H](C(=O)Nc2cn(Cc3ccccn3)cn2)C1. The van der Waals surface area contributed by atoms with E-state index in [1.165, 1.54) is 0 Å². The van der Waals surface area contributed by atoms with Crippen molar-refractivity contribution in [2.45, 2.75) is 13.0 Å². The van der Waals surface area contributed by atoms with Crippen LogP contribution in [-0.4, -0.2) is 38.4 Å². The van der Waals surface area contributed by atoms with Crippen molar-refractivity contribution in [3.8, 4) is 6.19 Å². The van der Waals surface area contributed by atoms with Gasteiger partial charge in [0.05, 0.1) is 24.5 Å². The molecule has 0 aromatic carbocycles. The van der Waals surface area contributed by atoms with Gasteiger partial charge in [-0.15, -0.1) is 0 Å². The predicted octanol–water partition coefficient (Wildman–Crippen LogP) is 1.07. The van der Waals surface area contributed by atoms with E-state index in [4.69, 9.17) is 5.26 Å². The highest BCUT2D eigenvalue weighted by molar-refractivity contribution is 5.91. The average Bonchev–Trinajstić information content (AvgIpc) is 3.17. The summed E-state index contributed by atoms with van der Waals surface area (Å²) in [5.41, 5.74) is 0.929. The number of hydrogen-bond donors (Lipinski definition) is 1. The van der Waals surface area contributed by atoms with Crippen molar-refractivity contribution in [1.29, 1.82) is 5.26 Å². The van der Waals surface area contributed by atoms with E-state index in [2.05, 4.69) is 21.5 Å². The van der Waals surface area contributed by atoms with Gasteiger partial charge in [-0.3, -0.25) is 9.78 Å². The second kappa shape index (κ2) is 6.26. The predicted molar refractivity (Wildman–Crippen MR) is 79.5 cm³/mol. The summed E-state index contributed by atoms with van der Waals surface area (Å²) in [7, 11) is 0. The number of likely N-dealkylation sites (tertiary alicyclic amines) is 1. The number of nitrogens with one attached hydrogen (secondary N) is 1. The van der Waals surface area contributed by atoms with Crippen LogP contribution in [0.5, 0.6) is 0 Å². The number of pyridine rings is 1. The Morgan fingerprint density at radius 3 is 3.09 bits per heavy atom. The molecular formula is C15H16N6O. The molecule has 1 aliphatic heterocycles. The van der Waals surface area contributed by atoms with Gasteiger partial charge in [0.2, 0.25) is 5.91 Å². The van der Waals surface area contributed by atoms with Gasteiger partial charge in [0.15, 0.2) is 12.0 Å². The standard InChI is InChI=1S/C15H16N6O/c16-10-20-6-4-12(7-20)15(22)19-14-9-21(11-18-14)8-13-3-1-2-5-17-13/h1-3,5,9,11-12H,4,6-8H2,(H,19,22)/t12-/m0/s1. The molecule has 0 aliphatic carbocycles. The highest BCUT2D eigenvalue weighted by Crippen LogP contribution is 2.17. The van der Waals surface area contributed by atoms with Gasteiger partial charge in [0.1, 0.15) is 0 Å². The Morgan fingerprint density at radius 2 is 2.36 bits per heavy atom. The lowest BCUT2D eigenvalue weighted by atomic mass is 10.1. The Balaban J connectivity index is 1.58.